The van der Waals surface area contributed by atoms with E-state index in [4.69, 9.17) is 34.8 Å². The molecule has 0 aliphatic carbocycles. The number of benzene rings is 2. The van der Waals surface area contributed by atoms with Crippen molar-refractivity contribution in [2.75, 3.05) is 5.32 Å². The van der Waals surface area contributed by atoms with E-state index in [0.29, 0.717) is 20.8 Å². The van der Waals surface area contributed by atoms with Crippen LogP contribution in [0.4, 0.5) is 5.69 Å². The van der Waals surface area contributed by atoms with E-state index in [2.05, 4.69) is 5.32 Å². The molecule has 0 aromatic heterocycles. The molecule has 0 amide bonds. The molecule has 2 aromatic carbocycles. The van der Waals surface area contributed by atoms with E-state index in [1.165, 1.54) is 6.07 Å². The predicted molar refractivity (Wildman–Crippen MR) is 86.9 cm³/mol. The number of aromatic carboxylic acids is 1. The Morgan fingerprint density at radius 3 is 2.33 bits per heavy atom. The van der Waals surface area contributed by atoms with E-state index in [9.17, 15) is 9.90 Å². The molecule has 0 saturated heterocycles. The Morgan fingerprint density at radius 1 is 1.10 bits per heavy atom. The normalized spacial score (nSPS) is 12.0. The van der Waals surface area contributed by atoms with Crippen molar-refractivity contribution >= 4 is 46.5 Å². The number of carbonyl (C=O) groups is 1. The van der Waals surface area contributed by atoms with Crippen LogP contribution in [-0.2, 0) is 0 Å². The molecule has 2 aromatic rings. The first-order valence-electron chi connectivity index (χ1n) is 6.13. The van der Waals surface area contributed by atoms with Crippen LogP contribution in [0.1, 0.15) is 28.9 Å². The van der Waals surface area contributed by atoms with Crippen molar-refractivity contribution < 1.29 is 9.90 Å². The Balaban J connectivity index is 2.31. The first kappa shape index (κ1) is 16.0. The molecule has 3 nitrogen and oxygen atoms in total. The SMILES string of the molecule is CC(Nc1ccc(Cl)cc1C(=O)O)c1ccc(Cl)cc1Cl. The minimum atomic E-state index is -1.05. The van der Waals surface area contributed by atoms with Crippen LogP contribution in [0.2, 0.25) is 15.1 Å². The van der Waals surface area contributed by atoms with Gasteiger partial charge >= 0.3 is 5.97 Å². The molecule has 0 bridgehead atoms. The van der Waals surface area contributed by atoms with E-state index in [-0.39, 0.29) is 11.6 Å². The first-order valence-corrected chi connectivity index (χ1v) is 7.26. The molecule has 110 valence electrons. The van der Waals surface area contributed by atoms with Crippen molar-refractivity contribution in [1.29, 1.82) is 0 Å². The highest BCUT2D eigenvalue weighted by Gasteiger charge is 2.15. The third kappa shape index (κ3) is 3.82. The van der Waals surface area contributed by atoms with Crippen LogP contribution in [0.15, 0.2) is 36.4 Å². The van der Waals surface area contributed by atoms with Gasteiger partial charge in [-0.15, -0.1) is 0 Å². The zero-order valence-corrected chi connectivity index (χ0v) is 13.3. The summed E-state index contributed by atoms with van der Waals surface area (Å²) in [4.78, 5) is 11.3. The molecule has 2 N–H and O–H groups in total. The molecule has 0 radical (unpaired) electrons. The lowest BCUT2D eigenvalue weighted by Gasteiger charge is -2.18. The summed E-state index contributed by atoms with van der Waals surface area (Å²) in [5.41, 5.74) is 1.41. The van der Waals surface area contributed by atoms with Gasteiger partial charge in [0.1, 0.15) is 0 Å². The summed E-state index contributed by atoms with van der Waals surface area (Å²) >= 11 is 17.9. The Bertz CT molecular complexity index is 689. The highest BCUT2D eigenvalue weighted by Crippen LogP contribution is 2.30. The Morgan fingerprint density at radius 2 is 1.71 bits per heavy atom. The second kappa shape index (κ2) is 6.56. The van der Waals surface area contributed by atoms with Crippen LogP contribution in [0, 0.1) is 0 Å². The summed E-state index contributed by atoms with van der Waals surface area (Å²) in [7, 11) is 0. The summed E-state index contributed by atoms with van der Waals surface area (Å²) in [6.07, 6.45) is 0. The zero-order chi connectivity index (χ0) is 15.6. The standard InChI is InChI=1S/C15H12Cl3NO2/c1-8(11-4-2-10(17)7-13(11)18)19-14-5-3-9(16)6-12(14)15(20)21/h2-8,19H,1H3,(H,20,21). The van der Waals surface area contributed by atoms with Crippen molar-refractivity contribution in [1.82, 2.24) is 0 Å². The van der Waals surface area contributed by atoms with Crippen LogP contribution in [0.25, 0.3) is 0 Å². The third-order valence-electron chi connectivity index (χ3n) is 3.01. The summed E-state index contributed by atoms with van der Waals surface area (Å²) in [6.45, 7) is 1.88. The van der Waals surface area contributed by atoms with Crippen molar-refractivity contribution in [2.24, 2.45) is 0 Å². The largest absolute Gasteiger partial charge is 0.478 e. The fourth-order valence-corrected chi connectivity index (χ4v) is 2.73. The average molecular weight is 345 g/mol. The minimum absolute atomic E-state index is 0.111. The van der Waals surface area contributed by atoms with Crippen LogP contribution in [0.5, 0.6) is 0 Å². The lowest BCUT2D eigenvalue weighted by molar-refractivity contribution is 0.0698. The average Bonchev–Trinajstić information content (AvgIpc) is 2.40. The number of rotatable bonds is 4. The molecule has 6 heteroatoms. The molecule has 0 spiro atoms. The van der Waals surface area contributed by atoms with Gasteiger partial charge in [0.05, 0.1) is 11.6 Å². The van der Waals surface area contributed by atoms with E-state index < -0.39 is 5.97 Å². The molecule has 2 rings (SSSR count). The molecule has 1 atom stereocenters. The van der Waals surface area contributed by atoms with Crippen LogP contribution in [0.3, 0.4) is 0 Å². The highest BCUT2D eigenvalue weighted by atomic mass is 35.5. The quantitative estimate of drug-likeness (QED) is 0.768. The molecular formula is C15H12Cl3NO2. The Labute approximate surface area is 137 Å². The maximum Gasteiger partial charge on any atom is 0.337 e. The maximum atomic E-state index is 11.3. The van der Waals surface area contributed by atoms with E-state index in [0.717, 1.165) is 5.56 Å². The summed E-state index contributed by atoms with van der Waals surface area (Å²) in [6, 6.07) is 9.67. The van der Waals surface area contributed by atoms with Crippen LogP contribution < -0.4 is 5.32 Å². The predicted octanol–water partition coefficient (Wildman–Crippen LogP) is 5.52. The van der Waals surface area contributed by atoms with Crippen LogP contribution in [-0.4, -0.2) is 11.1 Å². The van der Waals surface area contributed by atoms with Gasteiger partial charge in [0.15, 0.2) is 0 Å². The van der Waals surface area contributed by atoms with Crippen LogP contribution >= 0.6 is 34.8 Å². The Kier molecular flexibility index (Phi) is 4.99. The van der Waals surface area contributed by atoms with Gasteiger partial charge < -0.3 is 10.4 Å². The number of carboxylic acids is 1. The lowest BCUT2D eigenvalue weighted by atomic mass is 10.1. The number of halogens is 3. The summed E-state index contributed by atoms with van der Waals surface area (Å²) in [5, 5.41) is 13.8. The second-order valence-corrected chi connectivity index (χ2v) is 5.81. The zero-order valence-electron chi connectivity index (χ0n) is 11.0. The number of carboxylic acid groups (broad SMARTS) is 1. The number of hydrogen-bond acceptors (Lipinski definition) is 2. The van der Waals surface area contributed by atoms with Crippen molar-refractivity contribution in [2.45, 2.75) is 13.0 Å². The van der Waals surface area contributed by atoms with Gasteiger partial charge in [-0.1, -0.05) is 40.9 Å². The molecule has 0 fully saturated rings. The smallest absolute Gasteiger partial charge is 0.337 e. The molecule has 0 heterocycles. The van der Waals surface area contributed by atoms with Gasteiger partial charge in [-0.05, 0) is 42.8 Å². The number of anilines is 1. The maximum absolute atomic E-state index is 11.3. The molecule has 21 heavy (non-hydrogen) atoms. The second-order valence-electron chi connectivity index (χ2n) is 4.53. The molecular weight excluding hydrogens is 333 g/mol. The lowest BCUT2D eigenvalue weighted by Crippen LogP contribution is -2.11. The number of hydrogen-bond donors (Lipinski definition) is 2. The summed E-state index contributed by atoms with van der Waals surface area (Å²) in [5.74, 6) is -1.05. The van der Waals surface area contributed by atoms with E-state index in [1.54, 1.807) is 30.3 Å². The van der Waals surface area contributed by atoms with Gasteiger partial charge in [-0.3, -0.25) is 0 Å². The topological polar surface area (TPSA) is 49.3 Å². The Hall–Kier alpha value is -1.42. The first-order chi connectivity index (χ1) is 9.88. The van der Waals surface area contributed by atoms with Crippen molar-refractivity contribution in [3.63, 3.8) is 0 Å². The van der Waals surface area contributed by atoms with Crippen molar-refractivity contribution in [3.05, 3.63) is 62.6 Å². The van der Waals surface area contributed by atoms with E-state index >= 15 is 0 Å². The minimum Gasteiger partial charge on any atom is -0.478 e. The fourth-order valence-electron chi connectivity index (χ4n) is 1.98. The monoisotopic (exact) mass is 343 g/mol. The number of nitrogens with one attached hydrogen (secondary N) is 1. The van der Waals surface area contributed by atoms with Gasteiger partial charge in [-0.25, -0.2) is 4.79 Å². The van der Waals surface area contributed by atoms with E-state index in [1.807, 2.05) is 6.92 Å². The fraction of sp³-hybridized carbons (Fsp3) is 0.133. The molecule has 0 aliphatic heterocycles. The summed E-state index contributed by atoms with van der Waals surface area (Å²) < 4.78 is 0. The molecule has 0 aliphatic rings. The van der Waals surface area contributed by atoms with Gasteiger partial charge in [0.2, 0.25) is 0 Å². The molecule has 0 saturated carbocycles. The molecule has 1 unspecified atom stereocenters. The van der Waals surface area contributed by atoms with Gasteiger partial charge in [0.25, 0.3) is 0 Å². The highest BCUT2D eigenvalue weighted by molar-refractivity contribution is 6.35. The van der Waals surface area contributed by atoms with Gasteiger partial charge in [0, 0.05) is 20.8 Å². The van der Waals surface area contributed by atoms with Gasteiger partial charge in [-0.2, -0.15) is 0 Å². The van der Waals surface area contributed by atoms with Crippen molar-refractivity contribution in [3.8, 4) is 0 Å². The third-order valence-corrected chi connectivity index (χ3v) is 3.81.